The third-order valence-corrected chi connectivity index (χ3v) is 2.94. The van der Waals surface area contributed by atoms with E-state index in [9.17, 15) is 9.59 Å². The molecule has 5 nitrogen and oxygen atoms in total. The van der Waals surface area contributed by atoms with Crippen molar-refractivity contribution in [3.63, 3.8) is 0 Å². The van der Waals surface area contributed by atoms with Crippen LogP contribution in [0.25, 0.3) is 0 Å². The maximum atomic E-state index is 9.34. The standard InChI is InChI=1S/C6H13N.C5H10O.C4H10.C3H5NO2.2C2H6/c1-7-5-3-2-4-6-7;1-2-4-6-5-3-1;1-4(2)3;5-2-1-4-3-6;2*1-2/h2-6H2,1H3;1-5H2;4H,1-3H3;2-3H,1H2,(H,4,6);2*1-2H3. The first-order chi connectivity index (χ1) is 13.0. The number of hydrogen-bond acceptors (Lipinski definition) is 4. The summed E-state index contributed by atoms with van der Waals surface area (Å²) in [5.41, 5.74) is 0. The van der Waals surface area contributed by atoms with E-state index in [4.69, 9.17) is 4.74 Å². The van der Waals surface area contributed by atoms with Crippen LogP contribution in [0.4, 0.5) is 0 Å². The number of rotatable bonds is 3. The van der Waals surface area contributed by atoms with Crippen molar-refractivity contribution in [1.82, 2.24) is 10.2 Å². The first kappa shape index (κ1) is 33.6. The number of aldehydes is 1. The van der Waals surface area contributed by atoms with Crippen LogP contribution in [-0.2, 0) is 14.3 Å². The molecule has 1 N–H and O–H groups in total. The molecule has 2 saturated heterocycles. The van der Waals surface area contributed by atoms with Gasteiger partial charge in [0.05, 0.1) is 6.54 Å². The minimum atomic E-state index is 0.115. The van der Waals surface area contributed by atoms with Crippen LogP contribution >= 0.6 is 0 Å². The molecular formula is C22H50N2O3. The van der Waals surface area contributed by atoms with Gasteiger partial charge in [0.2, 0.25) is 6.41 Å². The van der Waals surface area contributed by atoms with Crippen LogP contribution in [0.5, 0.6) is 0 Å². The summed E-state index contributed by atoms with van der Waals surface area (Å²) in [6.07, 6.45) is 9.31. The first-order valence-electron chi connectivity index (χ1n) is 10.9. The molecule has 0 saturated carbocycles. The summed E-state index contributed by atoms with van der Waals surface area (Å²) in [4.78, 5) is 21.0. The van der Waals surface area contributed by atoms with Crippen molar-refractivity contribution in [3.05, 3.63) is 0 Å². The molecule has 2 rings (SSSR count). The third-order valence-electron chi connectivity index (χ3n) is 2.94. The number of hydrogen-bond donors (Lipinski definition) is 1. The molecule has 0 bridgehead atoms. The van der Waals surface area contributed by atoms with E-state index < -0.39 is 0 Å². The predicted octanol–water partition coefficient (Wildman–Crippen LogP) is 4.94. The zero-order valence-corrected chi connectivity index (χ0v) is 19.7. The molecule has 0 aromatic rings. The Balaban J connectivity index is -0.000000125. The summed E-state index contributed by atoms with van der Waals surface area (Å²) in [7, 11) is 2.19. The third kappa shape index (κ3) is 51.7. The molecule has 0 aliphatic carbocycles. The van der Waals surface area contributed by atoms with Crippen molar-refractivity contribution < 1.29 is 14.3 Å². The van der Waals surface area contributed by atoms with Gasteiger partial charge in [-0.1, -0.05) is 54.9 Å². The Morgan fingerprint density at radius 1 is 0.852 bits per heavy atom. The second-order valence-corrected chi connectivity index (χ2v) is 6.46. The molecule has 1 amide bonds. The molecule has 0 radical (unpaired) electrons. The van der Waals surface area contributed by atoms with Crippen molar-refractivity contribution in [2.45, 2.75) is 87.0 Å². The van der Waals surface area contributed by atoms with Gasteiger partial charge in [0, 0.05) is 13.2 Å². The molecular weight excluding hydrogens is 340 g/mol. The Labute approximate surface area is 170 Å². The zero-order chi connectivity index (χ0) is 21.8. The second-order valence-electron chi connectivity index (χ2n) is 6.46. The highest BCUT2D eigenvalue weighted by molar-refractivity contribution is 5.58. The first-order valence-corrected chi connectivity index (χ1v) is 10.9. The van der Waals surface area contributed by atoms with Crippen molar-refractivity contribution in [2.75, 3.05) is 39.9 Å². The van der Waals surface area contributed by atoms with Gasteiger partial charge < -0.3 is 19.7 Å². The van der Waals surface area contributed by atoms with Crippen molar-refractivity contribution >= 4 is 12.7 Å². The average Bonchev–Trinajstić information content (AvgIpc) is 2.72. The maximum Gasteiger partial charge on any atom is 0.207 e. The van der Waals surface area contributed by atoms with Crippen LogP contribution < -0.4 is 5.32 Å². The highest BCUT2D eigenvalue weighted by atomic mass is 16.5. The lowest BCUT2D eigenvalue weighted by molar-refractivity contribution is -0.113. The summed E-state index contributed by atoms with van der Waals surface area (Å²) in [5.74, 6) is 0.833. The van der Waals surface area contributed by atoms with E-state index in [0.717, 1.165) is 19.1 Å². The fourth-order valence-corrected chi connectivity index (χ4v) is 1.84. The van der Waals surface area contributed by atoms with Crippen LogP contribution in [0.1, 0.15) is 87.0 Å². The lowest BCUT2D eigenvalue weighted by Gasteiger charge is -2.20. The highest BCUT2D eigenvalue weighted by Gasteiger charge is 2.02. The number of ether oxygens (including phenoxy) is 1. The lowest BCUT2D eigenvalue weighted by atomic mass is 10.1. The smallest absolute Gasteiger partial charge is 0.207 e. The van der Waals surface area contributed by atoms with Gasteiger partial charge in [-0.15, -0.1) is 0 Å². The van der Waals surface area contributed by atoms with E-state index in [-0.39, 0.29) is 6.54 Å². The molecule has 0 aromatic carbocycles. The molecule has 2 heterocycles. The monoisotopic (exact) mass is 390 g/mol. The number of carbonyl (C=O) groups is 2. The minimum Gasteiger partial charge on any atom is -0.381 e. The van der Waals surface area contributed by atoms with E-state index in [1.807, 2.05) is 27.7 Å². The van der Waals surface area contributed by atoms with Gasteiger partial charge in [-0.25, -0.2) is 0 Å². The molecule has 5 heteroatoms. The topological polar surface area (TPSA) is 58.6 Å². The van der Waals surface area contributed by atoms with Gasteiger partial charge in [0.15, 0.2) is 0 Å². The largest absolute Gasteiger partial charge is 0.381 e. The summed E-state index contributed by atoms with van der Waals surface area (Å²) < 4.78 is 5.07. The Bertz CT molecular complexity index is 217. The van der Waals surface area contributed by atoms with Crippen LogP contribution in [0.2, 0.25) is 0 Å². The number of piperidine rings is 1. The Morgan fingerprint density at radius 2 is 1.26 bits per heavy atom. The van der Waals surface area contributed by atoms with Gasteiger partial charge in [-0.3, -0.25) is 4.79 Å². The number of nitrogens with one attached hydrogen (secondary N) is 1. The van der Waals surface area contributed by atoms with Gasteiger partial charge in [-0.2, -0.15) is 0 Å². The Kier molecular flexibility index (Phi) is 44.9. The average molecular weight is 391 g/mol. The predicted molar refractivity (Wildman–Crippen MR) is 119 cm³/mol. The number of nitrogens with zero attached hydrogens (tertiary/aromatic N) is 1. The number of amides is 1. The van der Waals surface area contributed by atoms with E-state index in [1.165, 1.54) is 51.6 Å². The Morgan fingerprint density at radius 3 is 1.41 bits per heavy atom. The summed E-state index contributed by atoms with van der Waals surface area (Å²) in [6, 6.07) is 0. The normalized spacial score (nSPS) is 15.1. The fourth-order valence-electron chi connectivity index (χ4n) is 1.84. The Hall–Kier alpha value is -0.940. The quantitative estimate of drug-likeness (QED) is 0.548. The maximum absolute atomic E-state index is 9.34. The molecule has 0 unspecified atom stereocenters. The van der Waals surface area contributed by atoms with E-state index in [0.29, 0.717) is 12.7 Å². The van der Waals surface area contributed by atoms with Crippen molar-refractivity contribution in [2.24, 2.45) is 5.92 Å². The van der Waals surface area contributed by atoms with Gasteiger partial charge in [0.1, 0.15) is 6.29 Å². The number of likely N-dealkylation sites (tertiary alicyclic amines) is 1. The molecule has 0 aromatic heterocycles. The van der Waals surface area contributed by atoms with E-state index >= 15 is 0 Å². The summed E-state index contributed by atoms with van der Waals surface area (Å²) in [6.45, 7) is 19.3. The minimum absolute atomic E-state index is 0.115. The molecule has 2 fully saturated rings. The molecule has 2 aliphatic rings. The van der Waals surface area contributed by atoms with Gasteiger partial charge in [-0.05, 0) is 58.2 Å². The fraction of sp³-hybridized carbons (Fsp3) is 0.909. The van der Waals surface area contributed by atoms with Crippen LogP contribution in [0, 0.1) is 5.92 Å². The molecule has 0 atom stereocenters. The van der Waals surface area contributed by atoms with Crippen molar-refractivity contribution in [3.8, 4) is 0 Å². The van der Waals surface area contributed by atoms with Crippen LogP contribution in [0.15, 0.2) is 0 Å². The molecule has 0 spiro atoms. The zero-order valence-electron chi connectivity index (χ0n) is 19.7. The summed E-state index contributed by atoms with van der Waals surface area (Å²) in [5, 5.41) is 2.15. The van der Waals surface area contributed by atoms with Gasteiger partial charge >= 0.3 is 0 Å². The van der Waals surface area contributed by atoms with Crippen molar-refractivity contribution in [1.29, 1.82) is 0 Å². The molecule has 166 valence electrons. The SMILES string of the molecule is C1CCOCC1.CC.CC.CC(C)C.CN1CCCCC1.O=CCNC=O. The van der Waals surface area contributed by atoms with Crippen LogP contribution in [-0.4, -0.2) is 57.5 Å². The lowest BCUT2D eigenvalue weighted by Crippen LogP contribution is -2.24. The molecule has 2 aliphatic heterocycles. The second kappa shape index (κ2) is 36.1. The molecule has 27 heavy (non-hydrogen) atoms. The van der Waals surface area contributed by atoms with E-state index in [1.54, 1.807) is 0 Å². The van der Waals surface area contributed by atoms with Crippen LogP contribution in [0.3, 0.4) is 0 Å². The summed E-state index contributed by atoms with van der Waals surface area (Å²) >= 11 is 0. The van der Waals surface area contributed by atoms with Gasteiger partial charge in [0.25, 0.3) is 0 Å². The van der Waals surface area contributed by atoms with E-state index in [2.05, 4.69) is 38.0 Å². The highest BCUT2D eigenvalue weighted by Crippen LogP contribution is 2.04. The number of carbonyl (C=O) groups excluding carboxylic acids is 2.